The summed E-state index contributed by atoms with van der Waals surface area (Å²) in [5.41, 5.74) is 0.916. The summed E-state index contributed by atoms with van der Waals surface area (Å²) in [5, 5.41) is 3.26. The number of halogens is 4. The summed E-state index contributed by atoms with van der Waals surface area (Å²) < 4.78 is 40.6. The van der Waals surface area contributed by atoms with E-state index in [1.165, 1.54) is 6.07 Å². The van der Waals surface area contributed by atoms with Crippen LogP contribution in [0.2, 0.25) is 5.02 Å². The largest absolute Gasteiger partial charge is 0.573 e. The number of hydrogen-bond acceptors (Lipinski definition) is 3. The Hall–Kier alpha value is -0.980. The van der Waals surface area contributed by atoms with Crippen molar-refractivity contribution in [2.24, 2.45) is 0 Å². The molecule has 1 atom stereocenters. The van der Waals surface area contributed by atoms with Crippen LogP contribution in [0.15, 0.2) is 18.2 Å². The number of rotatable bonds is 4. The third-order valence-corrected chi connectivity index (χ3v) is 3.84. The maximum absolute atomic E-state index is 12.2. The SMILES string of the molecule is CC[C@@H](c1ccc(OC(F)(F)F)c(Cl)c1)N1CCNCC1. The molecule has 1 aliphatic rings. The average Bonchev–Trinajstić information content (AvgIpc) is 2.42. The summed E-state index contributed by atoms with van der Waals surface area (Å²) >= 11 is 5.92. The van der Waals surface area contributed by atoms with E-state index in [2.05, 4.69) is 21.9 Å². The van der Waals surface area contributed by atoms with E-state index in [1.54, 1.807) is 12.1 Å². The molecule has 21 heavy (non-hydrogen) atoms. The fraction of sp³-hybridized carbons (Fsp3) is 0.571. The van der Waals surface area contributed by atoms with Gasteiger partial charge < -0.3 is 10.1 Å². The van der Waals surface area contributed by atoms with Gasteiger partial charge in [0.15, 0.2) is 0 Å². The molecule has 1 aliphatic heterocycles. The third-order valence-electron chi connectivity index (χ3n) is 3.55. The predicted octanol–water partition coefficient (Wildman–Crippen LogP) is 3.59. The Kier molecular flexibility index (Phi) is 5.35. The Balaban J connectivity index is 2.17. The molecule has 1 aromatic rings. The van der Waals surface area contributed by atoms with E-state index in [-0.39, 0.29) is 16.8 Å². The second-order valence-electron chi connectivity index (χ2n) is 4.95. The molecule has 0 bridgehead atoms. The van der Waals surface area contributed by atoms with Crippen molar-refractivity contribution in [1.29, 1.82) is 0 Å². The normalized spacial score (nSPS) is 18.5. The van der Waals surface area contributed by atoms with Crippen LogP contribution in [0.3, 0.4) is 0 Å². The van der Waals surface area contributed by atoms with Gasteiger partial charge in [-0.25, -0.2) is 0 Å². The summed E-state index contributed by atoms with van der Waals surface area (Å²) in [6, 6.07) is 4.67. The molecule has 0 saturated carbocycles. The molecule has 0 aromatic heterocycles. The van der Waals surface area contributed by atoms with Crippen LogP contribution in [-0.2, 0) is 0 Å². The Labute approximate surface area is 127 Å². The first-order chi connectivity index (χ1) is 9.90. The zero-order valence-electron chi connectivity index (χ0n) is 11.7. The number of hydrogen-bond donors (Lipinski definition) is 1. The number of alkyl halides is 3. The zero-order chi connectivity index (χ0) is 15.5. The first-order valence-corrected chi connectivity index (χ1v) is 7.28. The van der Waals surface area contributed by atoms with Gasteiger partial charge in [0.05, 0.1) is 5.02 Å². The van der Waals surface area contributed by atoms with Crippen molar-refractivity contribution in [3.8, 4) is 5.75 Å². The van der Waals surface area contributed by atoms with Gasteiger partial charge >= 0.3 is 6.36 Å². The van der Waals surface area contributed by atoms with Crippen LogP contribution in [0, 0.1) is 0 Å². The van der Waals surface area contributed by atoms with Crippen molar-refractivity contribution >= 4 is 11.6 Å². The molecule has 3 nitrogen and oxygen atoms in total. The van der Waals surface area contributed by atoms with Gasteiger partial charge in [0.1, 0.15) is 5.75 Å². The van der Waals surface area contributed by atoms with Gasteiger partial charge in [0.25, 0.3) is 0 Å². The fourth-order valence-corrected chi connectivity index (χ4v) is 2.86. The number of nitrogens with one attached hydrogen (secondary N) is 1. The lowest BCUT2D eigenvalue weighted by Gasteiger charge is -2.34. The molecular formula is C14H18ClF3N2O. The highest BCUT2D eigenvalue weighted by atomic mass is 35.5. The van der Waals surface area contributed by atoms with Crippen molar-refractivity contribution in [3.05, 3.63) is 28.8 Å². The van der Waals surface area contributed by atoms with Crippen LogP contribution in [0.4, 0.5) is 13.2 Å². The number of ether oxygens (including phenoxy) is 1. The van der Waals surface area contributed by atoms with E-state index in [0.717, 1.165) is 38.2 Å². The van der Waals surface area contributed by atoms with Gasteiger partial charge in [-0.2, -0.15) is 0 Å². The summed E-state index contributed by atoms with van der Waals surface area (Å²) in [7, 11) is 0. The molecule has 0 spiro atoms. The van der Waals surface area contributed by atoms with Crippen molar-refractivity contribution in [2.75, 3.05) is 26.2 Å². The van der Waals surface area contributed by atoms with Crippen LogP contribution >= 0.6 is 11.6 Å². The monoisotopic (exact) mass is 322 g/mol. The molecule has 1 N–H and O–H groups in total. The highest BCUT2D eigenvalue weighted by Crippen LogP contribution is 2.34. The molecule has 0 aliphatic carbocycles. The summed E-state index contributed by atoms with van der Waals surface area (Å²) in [4.78, 5) is 2.31. The van der Waals surface area contributed by atoms with Gasteiger partial charge in [-0.3, -0.25) is 4.90 Å². The molecule has 1 saturated heterocycles. The number of piperazine rings is 1. The van der Waals surface area contributed by atoms with Crippen molar-refractivity contribution in [3.63, 3.8) is 0 Å². The topological polar surface area (TPSA) is 24.5 Å². The molecule has 1 fully saturated rings. The number of benzene rings is 1. The van der Waals surface area contributed by atoms with E-state index in [9.17, 15) is 13.2 Å². The first kappa shape index (κ1) is 16.4. The average molecular weight is 323 g/mol. The second-order valence-corrected chi connectivity index (χ2v) is 5.35. The minimum atomic E-state index is -4.73. The van der Waals surface area contributed by atoms with E-state index < -0.39 is 6.36 Å². The lowest BCUT2D eigenvalue weighted by atomic mass is 10.0. The number of nitrogens with zero attached hydrogens (tertiary/aromatic N) is 1. The lowest BCUT2D eigenvalue weighted by molar-refractivity contribution is -0.274. The van der Waals surface area contributed by atoms with Crippen molar-refractivity contribution in [2.45, 2.75) is 25.7 Å². The maximum atomic E-state index is 12.2. The van der Waals surface area contributed by atoms with Gasteiger partial charge in [-0.15, -0.1) is 13.2 Å². The van der Waals surface area contributed by atoms with Gasteiger partial charge in [-0.1, -0.05) is 24.6 Å². The van der Waals surface area contributed by atoms with E-state index in [1.807, 2.05) is 0 Å². The van der Waals surface area contributed by atoms with Crippen LogP contribution in [-0.4, -0.2) is 37.4 Å². The zero-order valence-corrected chi connectivity index (χ0v) is 12.5. The molecular weight excluding hydrogens is 305 g/mol. The molecule has 0 unspecified atom stereocenters. The molecule has 118 valence electrons. The lowest BCUT2D eigenvalue weighted by Crippen LogP contribution is -2.45. The minimum Gasteiger partial charge on any atom is -0.404 e. The van der Waals surface area contributed by atoms with Gasteiger partial charge in [0, 0.05) is 32.2 Å². The highest BCUT2D eigenvalue weighted by Gasteiger charge is 2.32. The highest BCUT2D eigenvalue weighted by molar-refractivity contribution is 6.32. The summed E-state index contributed by atoms with van der Waals surface area (Å²) in [6.45, 7) is 5.72. The standard InChI is InChI=1S/C14H18ClF3N2O/c1-2-12(20-7-5-19-6-8-20)10-3-4-13(11(15)9-10)21-14(16,17)18/h3-4,9,12,19H,2,5-8H2,1H3/t12-/m0/s1. The van der Waals surface area contributed by atoms with Crippen LogP contribution < -0.4 is 10.1 Å². The molecule has 1 heterocycles. The molecule has 1 aromatic carbocycles. The van der Waals surface area contributed by atoms with E-state index in [0.29, 0.717) is 0 Å². The summed E-state index contributed by atoms with van der Waals surface area (Å²) in [5.74, 6) is -0.358. The van der Waals surface area contributed by atoms with Crippen molar-refractivity contribution in [1.82, 2.24) is 10.2 Å². The molecule has 0 radical (unpaired) electrons. The van der Waals surface area contributed by atoms with Gasteiger partial charge in [-0.05, 0) is 24.1 Å². The Morgan fingerprint density at radius 3 is 2.52 bits per heavy atom. The first-order valence-electron chi connectivity index (χ1n) is 6.90. The third kappa shape index (κ3) is 4.49. The Morgan fingerprint density at radius 2 is 2.00 bits per heavy atom. The van der Waals surface area contributed by atoms with Crippen molar-refractivity contribution < 1.29 is 17.9 Å². The van der Waals surface area contributed by atoms with Crippen LogP contribution in [0.5, 0.6) is 5.75 Å². The second kappa shape index (κ2) is 6.85. The maximum Gasteiger partial charge on any atom is 0.573 e. The predicted molar refractivity (Wildman–Crippen MR) is 75.6 cm³/mol. The van der Waals surface area contributed by atoms with Gasteiger partial charge in [0.2, 0.25) is 0 Å². The summed E-state index contributed by atoms with van der Waals surface area (Å²) in [6.07, 6.45) is -3.86. The smallest absolute Gasteiger partial charge is 0.404 e. The quantitative estimate of drug-likeness (QED) is 0.916. The molecule has 2 rings (SSSR count). The van der Waals surface area contributed by atoms with E-state index in [4.69, 9.17) is 11.6 Å². The Bertz CT molecular complexity index is 476. The minimum absolute atomic E-state index is 0.0154. The molecule has 0 amide bonds. The van der Waals surface area contributed by atoms with Crippen LogP contribution in [0.1, 0.15) is 24.9 Å². The van der Waals surface area contributed by atoms with E-state index >= 15 is 0 Å². The Morgan fingerprint density at radius 1 is 1.33 bits per heavy atom. The fourth-order valence-electron chi connectivity index (χ4n) is 2.63. The molecule has 7 heteroatoms. The van der Waals surface area contributed by atoms with Crippen LogP contribution in [0.25, 0.3) is 0 Å².